The molecule has 1 N–H and O–H groups in total. The van der Waals surface area contributed by atoms with E-state index in [1.807, 2.05) is 0 Å². The molecule has 0 aromatic heterocycles. The van der Waals surface area contributed by atoms with Crippen LogP contribution in [0.4, 0.5) is 0 Å². The van der Waals surface area contributed by atoms with Gasteiger partial charge in [-0.2, -0.15) is 0 Å². The number of aliphatic hydroxyl groups excluding tert-OH is 1. The van der Waals surface area contributed by atoms with Gasteiger partial charge in [0.25, 0.3) is 0 Å². The summed E-state index contributed by atoms with van der Waals surface area (Å²) in [6, 6.07) is 0.667. The third-order valence-electron chi connectivity index (χ3n) is 5.38. The van der Waals surface area contributed by atoms with Crippen LogP contribution in [-0.4, -0.2) is 60.8 Å². The van der Waals surface area contributed by atoms with Crippen LogP contribution in [-0.2, 0) is 0 Å². The van der Waals surface area contributed by atoms with E-state index >= 15 is 0 Å². The minimum absolute atomic E-state index is 0.288. The van der Waals surface area contributed by atoms with Gasteiger partial charge in [-0.15, -0.1) is 0 Å². The molecule has 1 fully saturated rings. The van der Waals surface area contributed by atoms with Gasteiger partial charge < -0.3 is 10.0 Å². The maximum atomic E-state index is 9.41. The summed E-state index contributed by atoms with van der Waals surface area (Å²) in [7, 11) is 2.21. The first-order chi connectivity index (χ1) is 9.61. The fourth-order valence-electron chi connectivity index (χ4n) is 3.86. The van der Waals surface area contributed by atoms with Crippen LogP contribution in [0.3, 0.4) is 0 Å². The first-order valence-electron chi connectivity index (χ1n) is 8.32. The number of aliphatic hydroxyl groups is 1. The lowest BCUT2D eigenvalue weighted by molar-refractivity contribution is 0.0809. The Hall–Kier alpha value is -0.380. The molecule has 20 heavy (non-hydrogen) atoms. The largest absolute Gasteiger partial charge is 0.395 e. The minimum Gasteiger partial charge on any atom is -0.395 e. The van der Waals surface area contributed by atoms with E-state index < -0.39 is 0 Å². The van der Waals surface area contributed by atoms with E-state index in [1.165, 1.54) is 38.8 Å². The molecular weight excluding hydrogens is 248 g/mol. The number of piperidine rings is 1. The second-order valence-corrected chi connectivity index (χ2v) is 6.86. The molecule has 3 heteroatoms. The van der Waals surface area contributed by atoms with Gasteiger partial charge in [0, 0.05) is 19.1 Å². The number of allylic oxidation sites excluding steroid dienone is 1. The highest BCUT2D eigenvalue weighted by Gasteiger charge is 2.29. The Bertz CT molecular complexity index is 321. The van der Waals surface area contributed by atoms with Crippen LogP contribution in [0.5, 0.6) is 0 Å². The van der Waals surface area contributed by atoms with Crippen molar-refractivity contribution in [2.45, 2.75) is 45.6 Å². The summed E-state index contributed by atoms with van der Waals surface area (Å²) in [5.74, 6) is 1.47. The van der Waals surface area contributed by atoms with Gasteiger partial charge in [0.15, 0.2) is 0 Å². The van der Waals surface area contributed by atoms with Crippen molar-refractivity contribution < 1.29 is 5.11 Å². The summed E-state index contributed by atoms with van der Waals surface area (Å²) in [4.78, 5) is 4.98. The van der Waals surface area contributed by atoms with Gasteiger partial charge in [-0.05, 0) is 64.6 Å². The zero-order valence-corrected chi connectivity index (χ0v) is 13.5. The highest BCUT2D eigenvalue weighted by atomic mass is 16.3. The molecular formula is C17H32N2O. The fraction of sp³-hybridized carbons (Fsp3) is 0.882. The van der Waals surface area contributed by atoms with Crippen LogP contribution in [0.25, 0.3) is 0 Å². The lowest BCUT2D eigenvalue weighted by Crippen LogP contribution is -2.47. The minimum atomic E-state index is 0.288. The van der Waals surface area contributed by atoms with Gasteiger partial charge in [-0.3, -0.25) is 4.90 Å². The molecule has 0 radical (unpaired) electrons. The highest BCUT2D eigenvalue weighted by molar-refractivity contribution is 5.09. The maximum Gasteiger partial charge on any atom is 0.0558 e. The molecule has 1 aliphatic heterocycles. The van der Waals surface area contributed by atoms with Crippen molar-refractivity contribution in [2.75, 3.05) is 39.8 Å². The van der Waals surface area contributed by atoms with Crippen molar-refractivity contribution in [3.05, 3.63) is 11.6 Å². The molecule has 0 aromatic carbocycles. The van der Waals surface area contributed by atoms with E-state index in [1.54, 1.807) is 5.57 Å². The Balaban J connectivity index is 1.97. The van der Waals surface area contributed by atoms with Crippen molar-refractivity contribution in [3.8, 4) is 0 Å². The quantitative estimate of drug-likeness (QED) is 0.783. The zero-order chi connectivity index (χ0) is 14.5. The first-order valence-corrected chi connectivity index (χ1v) is 8.32. The van der Waals surface area contributed by atoms with Gasteiger partial charge in [0.05, 0.1) is 6.61 Å². The number of likely N-dealkylation sites (tertiary alicyclic amines) is 1. The molecule has 2 rings (SSSR count). The molecule has 0 spiro atoms. The average Bonchev–Trinajstić information content (AvgIpc) is 2.43. The summed E-state index contributed by atoms with van der Waals surface area (Å²) in [5.41, 5.74) is 1.57. The molecule has 0 aromatic rings. The maximum absolute atomic E-state index is 9.41. The summed E-state index contributed by atoms with van der Waals surface area (Å²) >= 11 is 0. The Labute approximate surface area is 124 Å². The molecule has 1 aliphatic carbocycles. The van der Waals surface area contributed by atoms with Crippen LogP contribution < -0.4 is 0 Å². The van der Waals surface area contributed by atoms with Crippen LogP contribution in [0.2, 0.25) is 0 Å². The predicted octanol–water partition coefficient (Wildman–Crippen LogP) is 2.37. The Kier molecular flexibility index (Phi) is 6.06. The third kappa shape index (κ3) is 4.06. The lowest BCUT2D eigenvalue weighted by atomic mass is 9.79. The number of hydrogen-bond donors (Lipinski definition) is 1. The molecule has 0 amide bonds. The Morgan fingerprint density at radius 2 is 2.00 bits per heavy atom. The standard InChI is InChI=1S/C17H32N2O/c1-14-5-4-6-15(2)17(14)13-19(11-12-20)16-7-9-18(3)10-8-16/h5,15-17,20H,4,6-13H2,1-3H3. The van der Waals surface area contributed by atoms with Gasteiger partial charge in [0.2, 0.25) is 0 Å². The predicted molar refractivity (Wildman–Crippen MR) is 84.8 cm³/mol. The smallest absolute Gasteiger partial charge is 0.0558 e. The molecule has 2 atom stereocenters. The molecule has 2 unspecified atom stereocenters. The summed E-state index contributed by atoms with van der Waals surface area (Å²) < 4.78 is 0. The molecule has 116 valence electrons. The highest BCUT2D eigenvalue weighted by Crippen LogP contribution is 2.31. The average molecular weight is 280 g/mol. The summed E-state index contributed by atoms with van der Waals surface area (Å²) in [5, 5.41) is 9.41. The van der Waals surface area contributed by atoms with E-state index in [9.17, 15) is 5.11 Å². The molecule has 0 bridgehead atoms. The Morgan fingerprint density at radius 3 is 2.60 bits per heavy atom. The molecule has 1 saturated heterocycles. The molecule has 2 aliphatic rings. The summed E-state index contributed by atoms with van der Waals surface area (Å²) in [6.45, 7) is 9.35. The van der Waals surface area contributed by atoms with Gasteiger partial charge in [-0.25, -0.2) is 0 Å². The van der Waals surface area contributed by atoms with E-state index in [0.29, 0.717) is 12.0 Å². The summed E-state index contributed by atoms with van der Waals surface area (Å²) in [6.07, 6.45) is 7.50. The van der Waals surface area contributed by atoms with E-state index in [-0.39, 0.29) is 6.61 Å². The molecule has 3 nitrogen and oxygen atoms in total. The van der Waals surface area contributed by atoms with Crippen LogP contribution in [0.1, 0.15) is 39.5 Å². The number of hydrogen-bond acceptors (Lipinski definition) is 3. The molecule has 0 saturated carbocycles. The van der Waals surface area contributed by atoms with Crippen molar-refractivity contribution >= 4 is 0 Å². The van der Waals surface area contributed by atoms with Crippen molar-refractivity contribution in [1.82, 2.24) is 9.80 Å². The normalized spacial score (nSPS) is 29.8. The van der Waals surface area contributed by atoms with Crippen molar-refractivity contribution in [2.24, 2.45) is 11.8 Å². The van der Waals surface area contributed by atoms with E-state index in [2.05, 4.69) is 36.8 Å². The van der Waals surface area contributed by atoms with Crippen LogP contribution >= 0.6 is 0 Å². The van der Waals surface area contributed by atoms with Gasteiger partial charge in [-0.1, -0.05) is 18.6 Å². The van der Waals surface area contributed by atoms with Crippen molar-refractivity contribution in [1.29, 1.82) is 0 Å². The zero-order valence-electron chi connectivity index (χ0n) is 13.5. The monoisotopic (exact) mass is 280 g/mol. The van der Waals surface area contributed by atoms with E-state index in [4.69, 9.17) is 0 Å². The Morgan fingerprint density at radius 1 is 1.30 bits per heavy atom. The van der Waals surface area contributed by atoms with Gasteiger partial charge >= 0.3 is 0 Å². The fourth-order valence-corrected chi connectivity index (χ4v) is 3.86. The molecule has 1 heterocycles. The van der Waals surface area contributed by atoms with Crippen molar-refractivity contribution in [3.63, 3.8) is 0 Å². The number of nitrogens with zero attached hydrogens (tertiary/aromatic N) is 2. The van der Waals surface area contributed by atoms with Gasteiger partial charge in [0.1, 0.15) is 0 Å². The first kappa shape index (κ1) is 16.0. The van der Waals surface area contributed by atoms with Crippen LogP contribution in [0, 0.1) is 11.8 Å². The SMILES string of the molecule is CC1=CCCC(C)C1CN(CCO)C1CCN(C)CC1. The van der Waals surface area contributed by atoms with Crippen LogP contribution in [0.15, 0.2) is 11.6 Å². The third-order valence-corrected chi connectivity index (χ3v) is 5.38. The topological polar surface area (TPSA) is 26.7 Å². The van der Waals surface area contributed by atoms with E-state index in [0.717, 1.165) is 19.0 Å². The lowest BCUT2D eigenvalue weighted by Gasteiger charge is -2.41. The second-order valence-electron chi connectivity index (χ2n) is 6.86. The number of rotatable bonds is 5. The second kappa shape index (κ2) is 7.58.